The predicted octanol–water partition coefficient (Wildman–Crippen LogP) is 1.70. The highest BCUT2D eigenvalue weighted by Gasteiger charge is 2.24. The van der Waals surface area contributed by atoms with E-state index in [0.717, 1.165) is 16.9 Å². The molecule has 3 nitrogen and oxygen atoms in total. The fourth-order valence-electron chi connectivity index (χ4n) is 0.972. The Labute approximate surface area is 81.1 Å². The quantitative estimate of drug-likeness (QED) is 0.620. The summed E-state index contributed by atoms with van der Waals surface area (Å²) in [4.78, 5) is 4.49. The monoisotopic (exact) mass is 277 g/mol. The van der Waals surface area contributed by atoms with Gasteiger partial charge in [0.15, 0.2) is 0 Å². The Morgan fingerprint density at radius 1 is 1.64 bits per heavy atom. The van der Waals surface area contributed by atoms with E-state index >= 15 is 0 Å². The van der Waals surface area contributed by atoms with Crippen molar-refractivity contribution in [3.8, 4) is 0 Å². The molecule has 1 atom stereocenters. The average Bonchev–Trinajstić information content (AvgIpc) is 2.32. The van der Waals surface area contributed by atoms with Gasteiger partial charge >= 0.3 is 0 Å². The first kappa shape index (κ1) is 7.49. The Balaban J connectivity index is 2.29. The summed E-state index contributed by atoms with van der Waals surface area (Å²) in [6.07, 6.45) is 3.75. The molecule has 2 aliphatic heterocycles. The Morgan fingerprint density at radius 3 is 3.27 bits per heavy atom. The normalized spacial score (nSPS) is 28.2. The SMILES string of the molecule is BrC1=CN2N=CC(Br)C2=NC1. The molecule has 0 N–H and O–H groups in total. The largest absolute Gasteiger partial charge is 0.264 e. The third-order valence-corrected chi connectivity index (χ3v) is 2.56. The summed E-state index contributed by atoms with van der Waals surface area (Å²) in [5.74, 6) is 0.966. The summed E-state index contributed by atoms with van der Waals surface area (Å²) < 4.78 is 1.06. The molecule has 2 heterocycles. The van der Waals surface area contributed by atoms with Crippen molar-refractivity contribution in [2.45, 2.75) is 4.83 Å². The molecule has 58 valence electrons. The molecule has 0 aromatic heterocycles. The molecule has 2 rings (SSSR count). The molecule has 0 radical (unpaired) electrons. The van der Waals surface area contributed by atoms with E-state index in [-0.39, 0.29) is 4.83 Å². The number of hydrogen-bond acceptors (Lipinski definition) is 3. The van der Waals surface area contributed by atoms with E-state index in [1.807, 2.05) is 12.4 Å². The second-order valence-corrected chi connectivity index (χ2v) is 4.27. The highest BCUT2D eigenvalue weighted by molar-refractivity contribution is 9.11. The zero-order valence-electron chi connectivity index (χ0n) is 5.54. The molecule has 0 saturated heterocycles. The van der Waals surface area contributed by atoms with E-state index in [0.29, 0.717) is 0 Å². The molecule has 0 aromatic rings. The van der Waals surface area contributed by atoms with Gasteiger partial charge in [0.2, 0.25) is 0 Å². The highest BCUT2D eigenvalue weighted by atomic mass is 79.9. The number of hydrazone groups is 1. The lowest BCUT2D eigenvalue weighted by Crippen LogP contribution is -2.25. The van der Waals surface area contributed by atoms with E-state index < -0.39 is 0 Å². The minimum absolute atomic E-state index is 0.180. The maximum atomic E-state index is 4.31. The maximum absolute atomic E-state index is 4.31. The van der Waals surface area contributed by atoms with Gasteiger partial charge in [-0.3, -0.25) is 4.99 Å². The molecular formula is C6H5Br2N3. The topological polar surface area (TPSA) is 28.0 Å². The first-order valence-corrected chi connectivity index (χ1v) is 4.86. The molecule has 0 aliphatic carbocycles. The lowest BCUT2D eigenvalue weighted by molar-refractivity contribution is 0.602. The van der Waals surface area contributed by atoms with E-state index in [9.17, 15) is 0 Å². The van der Waals surface area contributed by atoms with Crippen LogP contribution in [0.5, 0.6) is 0 Å². The Kier molecular flexibility index (Phi) is 1.85. The molecule has 11 heavy (non-hydrogen) atoms. The minimum Gasteiger partial charge on any atom is -0.264 e. The summed E-state index contributed by atoms with van der Waals surface area (Å²) in [5.41, 5.74) is 0. The van der Waals surface area contributed by atoms with Crippen molar-refractivity contribution in [1.29, 1.82) is 0 Å². The molecule has 0 saturated carbocycles. The van der Waals surface area contributed by atoms with Crippen molar-refractivity contribution in [3.63, 3.8) is 0 Å². The molecule has 5 heteroatoms. The van der Waals surface area contributed by atoms with Gasteiger partial charge in [-0.25, -0.2) is 5.01 Å². The number of halogens is 2. The second kappa shape index (κ2) is 2.71. The molecule has 0 spiro atoms. The Bertz CT molecular complexity index is 269. The predicted molar refractivity (Wildman–Crippen MR) is 52.4 cm³/mol. The van der Waals surface area contributed by atoms with Gasteiger partial charge in [-0.1, -0.05) is 31.9 Å². The number of nitrogens with zero attached hydrogens (tertiary/aromatic N) is 3. The van der Waals surface area contributed by atoms with Crippen LogP contribution in [-0.4, -0.2) is 28.4 Å². The standard InChI is InChI=1S/C6H5Br2N3/c7-4-1-9-6-5(8)2-10-11(6)3-4/h2-3,5H,1H2. The van der Waals surface area contributed by atoms with Crippen molar-refractivity contribution in [3.05, 3.63) is 10.7 Å². The Hall–Kier alpha value is -0.160. The molecule has 0 fully saturated rings. The van der Waals surface area contributed by atoms with E-state index in [4.69, 9.17) is 0 Å². The van der Waals surface area contributed by atoms with Gasteiger partial charge in [0.05, 0.1) is 6.54 Å². The molecule has 1 unspecified atom stereocenters. The molecular weight excluding hydrogens is 274 g/mol. The van der Waals surface area contributed by atoms with Crippen molar-refractivity contribution >= 4 is 43.9 Å². The number of fused-ring (bicyclic) bond motifs is 1. The highest BCUT2D eigenvalue weighted by Crippen LogP contribution is 2.20. The number of hydrogen-bond donors (Lipinski definition) is 0. The van der Waals surface area contributed by atoms with Gasteiger partial charge in [-0.15, -0.1) is 0 Å². The number of amidine groups is 1. The van der Waals surface area contributed by atoms with Crippen LogP contribution in [0.15, 0.2) is 20.8 Å². The smallest absolute Gasteiger partial charge is 0.144 e. The Morgan fingerprint density at radius 2 is 2.45 bits per heavy atom. The first-order chi connectivity index (χ1) is 5.27. The molecule has 0 amide bonds. The average molecular weight is 279 g/mol. The van der Waals surface area contributed by atoms with Crippen LogP contribution in [0.1, 0.15) is 0 Å². The van der Waals surface area contributed by atoms with Gasteiger partial charge in [0, 0.05) is 16.9 Å². The van der Waals surface area contributed by atoms with E-state index in [2.05, 4.69) is 42.0 Å². The van der Waals surface area contributed by atoms with Gasteiger partial charge in [-0.2, -0.15) is 5.10 Å². The van der Waals surface area contributed by atoms with Crippen LogP contribution < -0.4 is 0 Å². The number of alkyl halides is 1. The summed E-state index contributed by atoms with van der Waals surface area (Å²) in [6.45, 7) is 0.720. The molecule has 0 aromatic carbocycles. The maximum Gasteiger partial charge on any atom is 0.144 e. The van der Waals surface area contributed by atoms with Crippen LogP contribution in [-0.2, 0) is 0 Å². The van der Waals surface area contributed by atoms with Crippen LogP contribution in [0.25, 0.3) is 0 Å². The zero-order chi connectivity index (χ0) is 7.84. The van der Waals surface area contributed by atoms with Gasteiger partial charge in [0.25, 0.3) is 0 Å². The molecule has 0 bridgehead atoms. The van der Waals surface area contributed by atoms with Crippen LogP contribution in [0.2, 0.25) is 0 Å². The van der Waals surface area contributed by atoms with Crippen molar-refractivity contribution in [2.75, 3.05) is 6.54 Å². The van der Waals surface area contributed by atoms with Crippen LogP contribution >= 0.6 is 31.9 Å². The fourth-order valence-corrected chi connectivity index (χ4v) is 1.75. The van der Waals surface area contributed by atoms with Crippen LogP contribution in [0.3, 0.4) is 0 Å². The fraction of sp³-hybridized carbons (Fsp3) is 0.333. The summed E-state index contributed by atoms with van der Waals surface area (Å²) >= 11 is 6.80. The van der Waals surface area contributed by atoms with Crippen molar-refractivity contribution in [1.82, 2.24) is 5.01 Å². The van der Waals surface area contributed by atoms with Crippen molar-refractivity contribution < 1.29 is 0 Å². The van der Waals surface area contributed by atoms with Gasteiger partial charge in [-0.05, 0) is 0 Å². The second-order valence-electron chi connectivity index (χ2n) is 2.26. The number of rotatable bonds is 0. The van der Waals surface area contributed by atoms with Crippen LogP contribution in [0.4, 0.5) is 0 Å². The minimum atomic E-state index is 0.180. The number of aliphatic imine (C=N–C) groups is 1. The lowest BCUT2D eigenvalue weighted by atomic mass is 10.4. The summed E-state index contributed by atoms with van der Waals surface area (Å²) in [6, 6.07) is 0. The van der Waals surface area contributed by atoms with Gasteiger partial charge < -0.3 is 0 Å². The van der Waals surface area contributed by atoms with E-state index in [1.54, 1.807) is 5.01 Å². The third-order valence-electron chi connectivity index (χ3n) is 1.46. The zero-order valence-corrected chi connectivity index (χ0v) is 8.71. The van der Waals surface area contributed by atoms with Gasteiger partial charge in [0.1, 0.15) is 10.7 Å². The third kappa shape index (κ3) is 1.27. The molecule has 2 aliphatic rings. The lowest BCUT2D eigenvalue weighted by Gasteiger charge is -2.16. The van der Waals surface area contributed by atoms with Crippen LogP contribution in [0, 0.1) is 0 Å². The summed E-state index contributed by atoms with van der Waals surface area (Å²) in [5, 5.41) is 5.88. The van der Waals surface area contributed by atoms with Crippen molar-refractivity contribution in [2.24, 2.45) is 10.1 Å². The van der Waals surface area contributed by atoms with E-state index in [1.165, 1.54) is 0 Å². The summed E-state index contributed by atoms with van der Waals surface area (Å²) in [7, 11) is 0. The first-order valence-electron chi connectivity index (χ1n) is 3.15.